The van der Waals surface area contributed by atoms with Crippen LogP contribution in [0.4, 0.5) is 0 Å². The Bertz CT molecular complexity index is 499. The van der Waals surface area contributed by atoms with Gasteiger partial charge in [-0.15, -0.1) is 0 Å². The molecule has 0 bridgehead atoms. The van der Waals surface area contributed by atoms with E-state index < -0.39 is 0 Å². The van der Waals surface area contributed by atoms with E-state index in [9.17, 15) is 9.59 Å². The van der Waals surface area contributed by atoms with Crippen LogP contribution < -0.4 is 5.32 Å². The first kappa shape index (κ1) is 15.5. The molecule has 114 valence electrons. The summed E-state index contributed by atoms with van der Waals surface area (Å²) < 4.78 is 0. The Hall–Kier alpha value is -1.88. The summed E-state index contributed by atoms with van der Waals surface area (Å²) in [5, 5.41) is 11.9. The number of rotatable bonds is 5. The van der Waals surface area contributed by atoms with Crippen molar-refractivity contribution < 1.29 is 14.7 Å². The summed E-state index contributed by atoms with van der Waals surface area (Å²) in [6.07, 6.45) is 1.51. The van der Waals surface area contributed by atoms with E-state index in [0.717, 1.165) is 24.0 Å². The largest absolute Gasteiger partial charge is 0.392 e. The average Bonchev–Trinajstić information content (AvgIpc) is 2.98. The summed E-state index contributed by atoms with van der Waals surface area (Å²) in [4.78, 5) is 25.0. The number of likely N-dealkylation sites (tertiary alicyclic amines) is 1. The molecule has 2 amide bonds. The predicted molar refractivity (Wildman–Crippen MR) is 79.4 cm³/mol. The van der Waals surface area contributed by atoms with Crippen LogP contribution in [-0.4, -0.2) is 41.5 Å². The molecule has 1 heterocycles. The highest BCUT2D eigenvalue weighted by Gasteiger charge is 2.29. The number of hydrogen-bond acceptors (Lipinski definition) is 3. The molecule has 1 saturated heterocycles. The molecule has 0 radical (unpaired) electrons. The van der Waals surface area contributed by atoms with Gasteiger partial charge < -0.3 is 15.3 Å². The van der Waals surface area contributed by atoms with E-state index in [0.29, 0.717) is 19.6 Å². The van der Waals surface area contributed by atoms with Crippen LogP contribution in [0.3, 0.4) is 0 Å². The van der Waals surface area contributed by atoms with Crippen LogP contribution in [0, 0.1) is 5.92 Å². The van der Waals surface area contributed by atoms with Gasteiger partial charge >= 0.3 is 0 Å². The van der Waals surface area contributed by atoms with Crippen LogP contribution in [0.1, 0.15) is 24.5 Å². The van der Waals surface area contributed by atoms with Gasteiger partial charge in [0.2, 0.25) is 11.8 Å². The minimum Gasteiger partial charge on any atom is -0.392 e. The topological polar surface area (TPSA) is 69.6 Å². The maximum absolute atomic E-state index is 12.0. The molecule has 0 aliphatic carbocycles. The van der Waals surface area contributed by atoms with Crippen LogP contribution in [0.15, 0.2) is 24.3 Å². The monoisotopic (exact) mass is 290 g/mol. The Morgan fingerprint density at radius 2 is 1.95 bits per heavy atom. The summed E-state index contributed by atoms with van der Waals surface area (Å²) in [6.45, 7) is 3.39. The SMILES string of the molecule is CC(=O)N1CCC(C(=O)NCCc2ccc(CO)cc2)C1. The number of hydrogen-bond donors (Lipinski definition) is 2. The van der Waals surface area contributed by atoms with Crippen molar-refractivity contribution in [1.82, 2.24) is 10.2 Å². The third kappa shape index (κ3) is 4.29. The number of aliphatic hydroxyl groups is 1. The Morgan fingerprint density at radius 3 is 2.52 bits per heavy atom. The standard InChI is InChI=1S/C16H22N2O3/c1-12(20)18-9-7-15(10-18)16(21)17-8-6-13-2-4-14(11-19)5-3-13/h2-5,15,19H,6-11H2,1H3,(H,17,21). The third-order valence-electron chi connectivity index (χ3n) is 3.92. The summed E-state index contributed by atoms with van der Waals surface area (Å²) in [5.41, 5.74) is 2.02. The predicted octanol–water partition coefficient (Wildman–Crippen LogP) is 0.706. The number of benzene rings is 1. The van der Waals surface area contributed by atoms with Gasteiger partial charge in [-0.05, 0) is 24.0 Å². The number of carbonyl (C=O) groups is 2. The first-order valence-electron chi connectivity index (χ1n) is 7.32. The molecule has 0 spiro atoms. The van der Waals surface area contributed by atoms with Gasteiger partial charge in [-0.1, -0.05) is 24.3 Å². The lowest BCUT2D eigenvalue weighted by molar-refractivity contribution is -0.128. The Labute approximate surface area is 125 Å². The summed E-state index contributed by atoms with van der Waals surface area (Å²) in [6, 6.07) is 7.70. The number of nitrogens with zero attached hydrogens (tertiary/aromatic N) is 1. The van der Waals surface area contributed by atoms with Gasteiger partial charge in [-0.2, -0.15) is 0 Å². The van der Waals surface area contributed by atoms with E-state index in [2.05, 4.69) is 5.32 Å². The zero-order valence-electron chi connectivity index (χ0n) is 12.3. The molecule has 1 atom stereocenters. The van der Waals surface area contributed by atoms with Crippen molar-refractivity contribution in [2.45, 2.75) is 26.4 Å². The molecule has 1 aliphatic heterocycles. The summed E-state index contributed by atoms with van der Waals surface area (Å²) in [5.74, 6) is -0.00864. The first-order chi connectivity index (χ1) is 10.1. The van der Waals surface area contributed by atoms with Crippen LogP contribution in [0.5, 0.6) is 0 Å². The van der Waals surface area contributed by atoms with E-state index in [1.807, 2.05) is 24.3 Å². The van der Waals surface area contributed by atoms with Gasteiger partial charge in [-0.3, -0.25) is 9.59 Å². The molecule has 2 N–H and O–H groups in total. The Kier molecular flexibility index (Phi) is 5.33. The normalized spacial score (nSPS) is 17.8. The minimum atomic E-state index is -0.0781. The van der Waals surface area contributed by atoms with Crippen molar-refractivity contribution in [1.29, 1.82) is 0 Å². The quantitative estimate of drug-likeness (QED) is 0.839. The summed E-state index contributed by atoms with van der Waals surface area (Å²) >= 11 is 0. The average molecular weight is 290 g/mol. The lowest BCUT2D eigenvalue weighted by Gasteiger charge is -2.14. The number of aliphatic hydroxyl groups excluding tert-OH is 1. The highest BCUT2D eigenvalue weighted by molar-refractivity contribution is 5.81. The molecule has 0 saturated carbocycles. The fraction of sp³-hybridized carbons (Fsp3) is 0.500. The fourth-order valence-electron chi connectivity index (χ4n) is 2.55. The molecule has 2 rings (SSSR count). The molecule has 1 fully saturated rings. The number of nitrogens with one attached hydrogen (secondary N) is 1. The maximum Gasteiger partial charge on any atom is 0.224 e. The van der Waals surface area contributed by atoms with Crippen molar-refractivity contribution in [3.05, 3.63) is 35.4 Å². The van der Waals surface area contributed by atoms with Crippen LogP contribution >= 0.6 is 0 Å². The third-order valence-corrected chi connectivity index (χ3v) is 3.92. The maximum atomic E-state index is 12.0. The number of amides is 2. The highest BCUT2D eigenvalue weighted by Crippen LogP contribution is 2.16. The second-order valence-corrected chi connectivity index (χ2v) is 5.47. The highest BCUT2D eigenvalue weighted by atomic mass is 16.3. The zero-order chi connectivity index (χ0) is 15.2. The molecule has 0 aromatic heterocycles. The van der Waals surface area contributed by atoms with Crippen molar-refractivity contribution in [2.75, 3.05) is 19.6 Å². The van der Waals surface area contributed by atoms with Crippen LogP contribution in [-0.2, 0) is 22.6 Å². The minimum absolute atomic E-state index is 0.0331. The van der Waals surface area contributed by atoms with Gasteiger partial charge in [0.15, 0.2) is 0 Å². The molecule has 1 aliphatic rings. The van der Waals surface area contributed by atoms with Crippen LogP contribution in [0.2, 0.25) is 0 Å². The molecule has 1 aromatic carbocycles. The van der Waals surface area contributed by atoms with E-state index in [-0.39, 0.29) is 24.3 Å². The van der Waals surface area contributed by atoms with E-state index in [1.54, 1.807) is 4.90 Å². The molecule has 21 heavy (non-hydrogen) atoms. The van der Waals surface area contributed by atoms with Crippen molar-refractivity contribution in [2.24, 2.45) is 5.92 Å². The van der Waals surface area contributed by atoms with Gasteiger partial charge in [0.1, 0.15) is 0 Å². The van der Waals surface area contributed by atoms with E-state index in [4.69, 9.17) is 5.11 Å². The van der Waals surface area contributed by atoms with E-state index >= 15 is 0 Å². The van der Waals surface area contributed by atoms with Gasteiger partial charge in [0.05, 0.1) is 12.5 Å². The second-order valence-electron chi connectivity index (χ2n) is 5.47. The molecule has 1 aromatic rings. The van der Waals surface area contributed by atoms with Gasteiger partial charge in [0.25, 0.3) is 0 Å². The summed E-state index contributed by atoms with van der Waals surface area (Å²) in [7, 11) is 0. The molecule has 5 heteroatoms. The fourth-order valence-corrected chi connectivity index (χ4v) is 2.55. The zero-order valence-corrected chi connectivity index (χ0v) is 12.3. The molecular weight excluding hydrogens is 268 g/mol. The van der Waals surface area contributed by atoms with Crippen LogP contribution in [0.25, 0.3) is 0 Å². The van der Waals surface area contributed by atoms with Gasteiger partial charge in [0, 0.05) is 26.6 Å². The number of carbonyl (C=O) groups excluding carboxylic acids is 2. The Balaban J connectivity index is 1.73. The van der Waals surface area contributed by atoms with Crippen molar-refractivity contribution >= 4 is 11.8 Å². The van der Waals surface area contributed by atoms with Gasteiger partial charge in [-0.25, -0.2) is 0 Å². The lowest BCUT2D eigenvalue weighted by atomic mass is 10.1. The van der Waals surface area contributed by atoms with Crippen molar-refractivity contribution in [3.63, 3.8) is 0 Å². The second kappa shape index (κ2) is 7.22. The van der Waals surface area contributed by atoms with E-state index in [1.165, 1.54) is 6.92 Å². The Morgan fingerprint density at radius 1 is 1.29 bits per heavy atom. The molecule has 5 nitrogen and oxygen atoms in total. The smallest absolute Gasteiger partial charge is 0.224 e. The first-order valence-corrected chi connectivity index (χ1v) is 7.32. The lowest BCUT2D eigenvalue weighted by Crippen LogP contribution is -2.34. The van der Waals surface area contributed by atoms with Crippen molar-refractivity contribution in [3.8, 4) is 0 Å². The molecule has 1 unspecified atom stereocenters. The molecular formula is C16H22N2O3.